The van der Waals surface area contributed by atoms with Gasteiger partial charge in [-0.25, -0.2) is 0 Å². The lowest BCUT2D eigenvalue weighted by atomic mass is 10.1. The monoisotopic (exact) mass is 480 g/mol. The molecule has 0 aliphatic heterocycles. The number of halogens is 2. The first kappa shape index (κ1) is 23.2. The van der Waals surface area contributed by atoms with Crippen molar-refractivity contribution in [2.75, 3.05) is 13.7 Å². The molecule has 156 valence electrons. The topological polar surface area (TPSA) is 58.6 Å². The highest BCUT2D eigenvalue weighted by Gasteiger charge is 2.28. The molecule has 0 heterocycles. The van der Waals surface area contributed by atoms with Gasteiger partial charge in [-0.2, -0.15) is 0 Å². The van der Waals surface area contributed by atoms with Crippen LogP contribution in [0.15, 0.2) is 46.9 Å². The van der Waals surface area contributed by atoms with E-state index in [4.69, 9.17) is 16.3 Å². The van der Waals surface area contributed by atoms with Gasteiger partial charge in [-0.1, -0.05) is 49.7 Å². The number of carbonyl (C=O) groups is 2. The summed E-state index contributed by atoms with van der Waals surface area (Å²) in [7, 11) is 1.56. The van der Waals surface area contributed by atoms with E-state index >= 15 is 0 Å². The molecule has 7 heteroatoms. The Labute approximate surface area is 185 Å². The molecule has 0 radical (unpaired) electrons. The predicted octanol–water partition coefficient (Wildman–Crippen LogP) is 4.60. The number of aryl methyl sites for hydroxylation is 1. The average molecular weight is 482 g/mol. The standard InChI is InChI=1S/C22H26BrClN2O3/c1-4-15-10-11-20(17(23)12-15)29-14-21(27)26(19(5-2)22(28)25-3)13-16-8-6-7-9-18(16)24/h6-12,19H,4-5,13-14H2,1-3H3,(H,25,28). The number of benzene rings is 2. The highest BCUT2D eigenvalue weighted by Crippen LogP contribution is 2.26. The summed E-state index contributed by atoms with van der Waals surface area (Å²) in [6.45, 7) is 3.99. The number of nitrogens with one attached hydrogen (secondary N) is 1. The Hall–Kier alpha value is -2.05. The van der Waals surface area contributed by atoms with E-state index in [2.05, 4.69) is 28.2 Å². The van der Waals surface area contributed by atoms with Crippen LogP contribution in [0.1, 0.15) is 31.4 Å². The number of carbonyl (C=O) groups excluding carboxylic acids is 2. The predicted molar refractivity (Wildman–Crippen MR) is 119 cm³/mol. The van der Waals surface area contributed by atoms with Crippen molar-refractivity contribution in [3.8, 4) is 5.75 Å². The quantitative estimate of drug-likeness (QED) is 0.569. The first-order valence-corrected chi connectivity index (χ1v) is 10.7. The van der Waals surface area contributed by atoms with Crippen molar-refractivity contribution in [2.24, 2.45) is 0 Å². The van der Waals surface area contributed by atoms with Gasteiger partial charge in [0.2, 0.25) is 5.91 Å². The van der Waals surface area contributed by atoms with Crippen LogP contribution in [0.4, 0.5) is 0 Å². The fourth-order valence-electron chi connectivity index (χ4n) is 3.00. The SMILES string of the molecule is CCc1ccc(OCC(=O)N(Cc2ccccc2Cl)C(CC)C(=O)NC)c(Br)c1. The first-order chi connectivity index (χ1) is 13.9. The number of rotatable bonds is 9. The van der Waals surface area contributed by atoms with Gasteiger partial charge in [0.1, 0.15) is 11.8 Å². The van der Waals surface area contributed by atoms with E-state index < -0.39 is 6.04 Å². The van der Waals surface area contributed by atoms with Crippen molar-refractivity contribution < 1.29 is 14.3 Å². The number of likely N-dealkylation sites (N-methyl/N-ethyl adjacent to an activating group) is 1. The molecule has 2 rings (SSSR count). The highest BCUT2D eigenvalue weighted by molar-refractivity contribution is 9.10. The third-order valence-corrected chi connectivity index (χ3v) is 5.67. The molecule has 0 bridgehead atoms. The van der Waals surface area contributed by atoms with Crippen molar-refractivity contribution in [1.29, 1.82) is 0 Å². The molecule has 0 saturated carbocycles. The van der Waals surface area contributed by atoms with Gasteiger partial charge < -0.3 is 15.0 Å². The minimum absolute atomic E-state index is 0.179. The zero-order valence-corrected chi connectivity index (χ0v) is 19.2. The number of nitrogens with zero attached hydrogens (tertiary/aromatic N) is 1. The Kier molecular flexibility index (Phi) is 8.99. The smallest absolute Gasteiger partial charge is 0.261 e. The Morgan fingerprint density at radius 2 is 1.93 bits per heavy atom. The molecule has 0 saturated heterocycles. The molecule has 0 aliphatic rings. The molecule has 0 fully saturated rings. The summed E-state index contributed by atoms with van der Waals surface area (Å²) in [6.07, 6.45) is 1.39. The minimum atomic E-state index is -0.613. The van der Waals surface area contributed by atoms with E-state index in [-0.39, 0.29) is 25.0 Å². The lowest BCUT2D eigenvalue weighted by Crippen LogP contribution is -2.49. The van der Waals surface area contributed by atoms with Crippen LogP contribution in [-0.2, 0) is 22.6 Å². The molecular weight excluding hydrogens is 456 g/mol. The second-order valence-electron chi connectivity index (χ2n) is 6.56. The Bertz CT molecular complexity index is 860. The Morgan fingerprint density at radius 1 is 1.21 bits per heavy atom. The second-order valence-corrected chi connectivity index (χ2v) is 7.82. The first-order valence-electron chi connectivity index (χ1n) is 9.56. The van der Waals surface area contributed by atoms with E-state index in [1.807, 2.05) is 43.3 Å². The molecule has 0 spiro atoms. The zero-order chi connectivity index (χ0) is 21.4. The molecule has 5 nitrogen and oxygen atoms in total. The van der Waals surface area contributed by atoms with Gasteiger partial charge in [0.05, 0.1) is 4.47 Å². The van der Waals surface area contributed by atoms with Crippen LogP contribution in [0.2, 0.25) is 5.02 Å². The van der Waals surface area contributed by atoms with Crippen LogP contribution in [0.25, 0.3) is 0 Å². The van der Waals surface area contributed by atoms with E-state index in [0.717, 1.165) is 16.5 Å². The molecule has 1 N–H and O–H groups in total. The van der Waals surface area contributed by atoms with E-state index in [0.29, 0.717) is 17.2 Å². The van der Waals surface area contributed by atoms with Gasteiger partial charge in [0, 0.05) is 18.6 Å². The molecule has 0 aliphatic carbocycles. The fourth-order valence-corrected chi connectivity index (χ4v) is 3.74. The molecule has 2 aromatic rings. The maximum Gasteiger partial charge on any atom is 0.261 e. The normalized spacial score (nSPS) is 11.6. The van der Waals surface area contributed by atoms with Crippen LogP contribution < -0.4 is 10.1 Å². The summed E-state index contributed by atoms with van der Waals surface area (Å²) in [5, 5.41) is 3.18. The van der Waals surface area contributed by atoms with Crippen molar-refractivity contribution in [1.82, 2.24) is 10.2 Å². The number of hydrogen-bond donors (Lipinski definition) is 1. The number of hydrogen-bond acceptors (Lipinski definition) is 3. The zero-order valence-electron chi connectivity index (χ0n) is 16.9. The fraction of sp³-hybridized carbons (Fsp3) is 0.364. The third kappa shape index (κ3) is 6.21. The summed E-state index contributed by atoms with van der Waals surface area (Å²) in [6, 6.07) is 12.5. The molecule has 29 heavy (non-hydrogen) atoms. The molecular formula is C22H26BrClN2O3. The van der Waals surface area contributed by atoms with Crippen LogP contribution >= 0.6 is 27.5 Å². The summed E-state index contributed by atoms with van der Waals surface area (Å²) in [5.74, 6) is 0.0782. The lowest BCUT2D eigenvalue weighted by Gasteiger charge is -2.30. The number of amides is 2. The minimum Gasteiger partial charge on any atom is -0.483 e. The largest absolute Gasteiger partial charge is 0.483 e. The molecule has 2 aromatic carbocycles. The summed E-state index contributed by atoms with van der Waals surface area (Å²) in [4.78, 5) is 26.9. The van der Waals surface area contributed by atoms with Gasteiger partial charge >= 0.3 is 0 Å². The third-order valence-electron chi connectivity index (χ3n) is 4.69. The highest BCUT2D eigenvalue weighted by atomic mass is 79.9. The second kappa shape index (κ2) is 11.2. The van der Waals surface area contributed by atoms with Crippen molar-refractivity contribution in [2.45, 2.75) is 39.3 Å². The Morgan fingerprint density at radius 3 is 2.52 bits per heavy atom. The van der Waals surface area contributed by atoms with E-state index in [1.165, 1.54) is 10.5 Å². The van der Waals surface area contributed by atoms with Gasteiger partial charge in [-0.3, -0.25) is 9.59 Å². The summed E-state index contributed by atoms with van der Waals surface area (Å²) < 4.78 is 6.54. The van der Waals surface area contributed by atoms with Crippen LogP contribution in [0.3, 0.4) is 0 Å². The van der Waals surface area contributed by atoms with E-state index in [1.54, 1.807) is 13.1 Å². The van der Waals surface area contributed by atoms with Crippen LogP contribution in [0.5, 0.6) is 5.75 Å². The van der Waals surface area contributed by atoms with Crippen LogP contribution in [0, 0.1) is 0 Å². The van der Waals surface area contributed by atoms with Gasteiger partial charge in [0.15, 0.2) is 6.61 Å². The lowest BCUT2D eigenvalue weighted by molar-refractivity contribution is -0.142. The van der Waals surface area contributed by atoms with E-state index in [9.17, 15) is 9.59 Å². The van der Waals surface area contributed by atoms with Crippen molar-refractivity contribution in [3.63, 3.8) is 0 Å². The number of ether oxygens (including phenoxy) is 1. The van der Waals surface area contributed by atoms with Crippen molar-refractivity contribution >= 4 is 39.3 Å². The van der Waals surface area contributed by atoms with Gasteiger partial charge in [0.25, 0.3) is 5.91 Å². The summed E-state index contributed by atoms with van der Waals surface area (Å²) in [5.41, 5.74) is 1.94. The van der Waals surface area contributed by atoms with Gasteiger partial charge in [-0.05, 0) is 58.1 Å². The van der Waals surface area contributed by atoms with Crippen LogP contribution in [-0.4, -0.2) is 36.4 Å². The maximum absolute atomic E-state index is 13.0. The molecule has 2 amide bonds. The maximum atomic E-state index is 13.0. The summed E-state index contributed by atoms with van der Waals surface area (Å²) >= 11 is 9.76. The molecule has 1 atom stereocenters. The Balaban J connectivity index is 2.21. The van der Waals surface area contributed by atoms with Gasteiger partial charge in [-0.15, -0.1) is 0 Å². The molecule has 0 aromatic heterocycles. The average Bonchev–Trinajstić information content (AvgIpc) is 2.73. The molecule has 1 unspecified atom stereocenters. The van der Waals surface area contributed by atoms with Crippen molar-refractivity contribution in [3.05, 3.63) is 63.1 Å².